The molecule has 0 fully saturated rings. The molecule has 0 saturated carbocycles. The first-order valence-electron chi connectivity index (χ1n) is 5.74. The van der Waals surface area contributed by atoms with E-state index in [0.717, 1.165) is 10.9 Å². The van der Waals surface area contributed by atoms with E-state index in [1.54, 1.807) is 24.5 Å². The summed E-state index contributed by atoms with van der Waals surface area (Å²) < 4.78 is 5.66. The van der Waals surface area contributed by atoms with Gasteiger partial charge in [-0.05, 0) is 24.3 Å². The number of nitrogens with zero attached hydrogens (tertiary/aromatic N) is 3. The Morgan fingerprint density at radius 1 is 1.05 bits per heavy atom. The Morgan fingerprint density at radius 2 is 1.95 bits per heavy atom. The third-order valence-corrected chi connectivity index (χ3v) is 2.67. The summed E-state index contributed by atoms with van der Waals surface area (Å²) in [5, 5.41) is 9.95. The molecule has 0 amide bonds. The molecule has 2 aromatic heterocycles. The van der Waals surface area contributed by atoms with Gasteiger partial charge in [0, 0.05) is 11.6 Å². The van der Waals surface area contributed by atoms with Gasteiger partial charge in [0.2, 0.25) is 0 Å². The predicted octanol–water partition coefficient (Wildman–Crippen LogP) is 3.29. The van der Waals surface area contributed by atoms with Gasteiger partial charge in [-0.25, -0.2) is 4.98 Å². The lowest BCUT2D eigenvalue weighted by atomic mass is 10.2. The second kappa shape index (κ2) is 4.75. The highest BCUT2D eigenvalue weighted by atomic mass is 16.5. The molecule has 0 saturated heterocycles. The second-order valence-corrected chi connectivity index (χ2v) is 3.93. The fourth-order valence-electron chi connectivity index (χ4n) is 1.79. The molecule has 90 valence electrons. The van der Waals surface area contributed by atoms with Crippen LogP contribution in [0.15, 0.2) is 54.9 Å². The zero-order chi connectivity index (χ0) is 13.1. The Kier molecular flexibility index (Phi) is 2.79. The van der Waals surface area contributed by atoms with Crippen molar-refractivity contribution >= 4 is 10.9 Å². The number of fused-ring (bicyclic) bond motifs is 1. The van der Waals surface area contributed by atoms with E-state index in [1.807, 2.05) is 36.4 Å². The molecule has 3 rings (SSSR count). The number of hydrogen-bond acceptors (Lipinski definition) is 4. The Labute approximate surface area is 109 Å². The van der Waals surface area contributed by atoms with Crippen LogP contribution in [0.25, 0.3) is 10.9 Å². The lowest BCUT2D eigenvalue weighted by Crippen LogP contribution is -1.91. The summed E-state index contributed by atoms with van der Waals surface area (Å²) in [5.41, 5.74) is 1.16. The molecular formula is C15H9N3O. The van der Waals surface area contributed by atoms with Crippen LogP contribution < -0.4 is 4.74 Å². The summed E-state index contributed by atoms with van der Waals surface area (Å²) in [6, 6.07) is 15.1. The number of nitriles is 1. The largest absolute Gasteiger partial charge is 0.453 e. The molecule has 0 radical (unpaired) electrons. The normalized spacial score (nSPS) is 10.1. The topological polar surface area (TPSA) is 58.8 Å². The standard InChI is InChI=1S/C15H9N3O/c16-9-14-15(6-3-7-17-14)19-12-8-11-4-1-2-5-13(11)18-10-12/h1-8,10H. The minimum absolute atomic E-state index is 0.260. The summed E-state index contributed by atoms with van der Waals surface area (Å²) in [4.78, 5) is 8.25. The molecule has 0 spiro atoms. The second-order valence-electron chi connectivity index (χ2n) is 3.93. The zero-order valence-electron chi connectivity index (χ0n) is 9.95. The summed E-state index contributed by atoms with van der Waals surface area (Å²) >= 11 is 0. The number of pyridine rings is 2. The van der Waals surface area contributed by atoms with Crippen LogP contribution in [0.4, 0.5) is 0 Å². The highest BCUT2D eigenvalue weighted by Gasteiger charge is 2.05. The van der Waals surface area contributed by atoms with E-state index in [1.165, 1.54) is 0 Å². The van der Waals surface area contributed by atoms with Crippen molar-refractivity contribution in [3.05, 3.63) is 60.6 Å². The van der Waals surface area contributed by atoms with Crippen molar-refractivity contribution in [1.29, 1.82) is 5.26 Å². The minimum Gasteiger partial charge on any atom is -0.453 e. The first-order valence-corrected chi connectivity index (χ1v) is 5.74. The van der Waals surface area contributed by atoms with Crippen molar-refractivity contribution in [3.63, 3.8) is 0 Å². The monoisotopic (exact) mass is 247 g/mol. The molecule has 0 aliphatic rings. The van der Waals surface area contributed by atoms with E-state index < -0.39 is 0 Å². The maximum Gasteiger partial charge on any atom is 0.183 e. The van der Waals surface area contributed by atoms with Crippen LogP contribution in [-0.4, -0.2) is 9.97 Å². The number of ether oxygens (including phenoxy) is 1. The molecule has 4 nitrogen and oxygen atoms in total. The van der Waals surface area contributed by atoms with Gasteiger partial charge in [0.1, 0.15) is 11.8 Å². The molecule has 0 aliphatic carbocycles. The summed E-state index contributed by atoms with van der Waals surface area (Å²) in [7, 11) is 0. The molecule has 3 aromatic rings. The summed E-state index contributed by atoms with van der Waals surface area (Å²) in [6.07, 6.45) is 3.19. The first-order chi connectivity index (χ1) is 9.36. The van der Waals surface area contributed by atoms with E-state index >= 15 is 0 Å². The van der Waals surface area contributed by atoms with Gasteiger partial charge in [0.15, 0.2) is 11.4 Å². The number of hydrogen-bond donors (Lipinski definition) is 0. The molecule has 19 heavy (non-hydrogen) atoms. The SMILES string of the molecule is N#Cc1ncccc1Oc1cnc2ccccc2c1. The van der Waals surface area contributed by atoms with Crippen LogP contribution >= 0.6 is 0 Å². The van der Waals surface area contributed by atoms with Crippen LogP contribution in [0.2, 0.25) is 0 Å². The fourth-order valence-corrected chi connectivity index (χ4v) is 1.79. The van der Waals surface area contributed by atoms with Gasteiger partial charge < -0.3 is 4.74 Å². The third kappa shape index (κ3) is 2.22. The number of rotatable bonds is 2. The molecule has 4 heteroatoms. The van der Waals surface area contributed by atoms with Gasteiger partial charge in [0.05, 0.1) is 11.7 Å². The van der Waals surface area contributed by atoms with Crippen molar-refractivity contribution < 1.29 is 4.74 Å². The molecule has 2 heterocycles. The molecule has 0 atom stereocenters. The van der Waals surface area contributed by atoms with Crippen LogP contribution in [0, 0.1) is 11.3 Å². The molecular weight excluding hydrogens is 238 g/mol. The van der Waals surface area contributed by atoms with Gasteiger partial charge in [-0.15, -0.1) is 0 Å². The van der Waals surface area contributed by atoms with E-state index in [9.17, 15) is 0 Å². The van der Waals surface area contributed by atoms with Gasteiger partial charge in [-0.2, -0.15) is 5.26 Å². The van der Waals surface area contributed by atoms with E-state index in [2.05, 4.69) is 9.97 Å². The molecule has 0 unspecified atom stereocenters. The Bertz CT molecular complexity index is 777. The zero-order valence-corrected chi connectivity index (χ0v) is 9.95. The fraction of sp³-hybridized carbons (Fsp3) is 0. The maximum absolute atomic E-state index is 8.96. The Hall–Kier alpha value is -2.93. The molecule has 0 bridgehead atoms. The quantitative estimate of drug-likeness (QED) is 0.697. The van der Waals surface area contributed by atoms with Crippen molar-refractivity contribution in [2.24, 2.45) is 0 Å². The average molecular weight is 247 g/mol. The van der Waals surface area contributed by atoms with Crippen molar-refractivity contribution in [2.75, 3.05) is 0 Å². The van der Waals surface area contributed by atoms with Gasteiger partial charge in [0.25, 0.3) is 0 Å². The minimum atomic E-state index is 0.260. The Balaban J connectivity index is 1.99. The van der Waals surface area contributed by atoms with Crippen molar-refractivity contribution in [2.45, 2.75) is 0 Å². The van der Waals surface area contributed by atoms with E-state index in [0.29, 0.717) is 11.5 Å². The van der Waals surface area contributed by atoms with Gasteiger partial charge in [-0.3, -0.25) is 4.98 Å². The first kappa shape index (κ1) is 11.2. The Morgan fingerprint density at radius 3 is 2.84 bits per heavy atom. The van der Waals surface area contributed by atoms with Gasteiger partial charge in [-0.1, -0.05) is 18.2 Å². The number of benzene rings is 1. The molecule has 0 N–H and O–H groups in total. The average Bonchev–Trinajstić information content (AvgIpc) is 2.48. The van der Waals surface area contributed by atoms with E-state index in [4.69, 9.17) is 10.00 Å². The third-order valence-electron chi connectivity index (χ3n) is 2.67. The highest BCUT2D eigenvalue weighted by molar-refractivity contribution is 5.79. The number of aromatic nitrogens is 2. The molecule has 0 aliphatic heterocycles. The van der Waals surface area contributed by atoms with Gasteiger partial charge >= 0.3 is 0 Å². The van der Waals surface area contributed by atoms with E-state index in [-0.39, 0.29) is 5.69 Å². The maximum atomic E-state index is 8.96. The molecule has 1 aromatic carbocycles. The smallest absolute Gasteiger partial charge is 0.183 e. The van der Waals surface area contributed by atoms with Crippen LogP contribution in [0.3, 0.4) is 0 Å². The lowest BCUT2D eigenvalue weighted by Gasteiger charge is -2.06. The summed E-state index contributed by atoms with van der Waals surface area (Å²) in [5.74, 6) is 1.02. The van der Waals surface area contributed by atoms with Crippen LogP contribution in [-0.2, 0) is 0 Å². The van der Waals surface area contributed by atoms with Crippen molar-refractivity contribution in [1.82, 2.24) is 9.97 Å². The van der Waals surface area contributed by atoms with Crippen LogP contribution in [0.1, 0.15) is 5.69 Å². The number of para-hydroxylation sites is 1. The predicted molar refractivity (Wildman–Crippen MR) is 70.8 cm³/mol. The lowest BCUT2D eigenvalue weighted by molar-refractivity contribution is 0.477. The van der Waals surface area contributed by atoms with Crippen molar-refractivity contribution in [3.8, 4) is 17.6 Å². The van der Waals surface area contributed by atoms with Crippen LogP contribution in [0.5, 0.6) is 11.5 Å². The summed E-state index contributed by atoms with van der Waals surface area (Å²) in [6.45, 7) is 0. The highest BCUT2D eigenvalue weighted by Crippen LogP contribution is 2.25.